The van der Waals surface area contributed by atoms with Gasteiger partial charge in [-0.1, -0.05) is 334 Å². The van der Waals surface area contributed by atoms with E-state index in [4.69, 9.17) is 19.9 Å². The van der Waals surface area contributed by atoms with Gasteiger partial charge in [0.2, 0.25) is 5.95 Å². The molecule has 8 nitrogen and oxygen atoms in total. The summed E-state index contributed by atoms with van der Waals surface area (Å²) in [5.74, 6) is 1.52. The van der Waals surface area contributed by atoms with Crippen molar-refractivity contribution in [2.75, 3.05) is 4.90 Å². The summed E-state index contributed by atoms with van der Waals surface area (Å²) in [4.78, 5) is 22.8. The fourth-order valence-electron chi connectivity index (χ4n) is 18.6. The zero-order valence-electron chi connectivity index (χ0n) is 65.1. The van der Waals surface area contributed by atoms with E-state index >= 15 is 0 Å². The summed E-state index contributed by atoms with van der Waals surface area (Å²) in [7, 11) is 0. The lowest BCUT2D eigenvalue weighted by molar-refractivity contribution is 0.985. The minimum absolute atomic E-state index is 0.678. The Hall–Kier alpha value is -16.2. The maximum atomic E-state index is 5.19. The first kappa shape index (κ1) is 69.4. The third-order valence-electron chi connectivity index (χ3n) is 24.0. The summed E-state index contributed by atoms with van der Waals surface area (Å²) in [6.45, 7) is 0. The Kier molecular flexibility index (Phi) is 16.7. The van der Waals surface area contributed by atoms with Crippen LogP contribution in [0.1, 0.15) is 0 Å². The Morgan fingerprint density at radius 3 is 0.933 bits per heavy atom. The molecule has 0 fully saturated rings. The molecule has 560 valence electrons. The minimum Gasteiger partial charge on any atom is -0.316 e. The molecule has 120 heavy (non-hydrogen) atoms. The van der Waals surface area contributed by atoms with E-state index in [2.05, 4.69) is 407 Å². The van der Waals surface area contributed by atoms with Crippen LogP contribution in [-0.2, 0) is 0 Å². The molecule has 0 radical (unpaired) electrons. The van der Waals surface area contributed by atoms with Crippen LogP contribution in [0.2, 0.25) is 0 Å². The van der Waals surface area contributed by atoms with Crippen molar-refractivity contribution in [3.63, 3.8) is 0 Å². The molecule has 8 heteroatoms. The van der Waals surface area contributed by atoms with Crippen LogP contribution in [0.5, 0.6) is 0 Å². The van der Waals surface area contributed by atoms with Gasteiger partial charge >= 0.3 is 0 Å². The molecule has 3 aliphatic carbocycles. The van der Waals surface area contributed by atoms with Crippen molar-refractivity contribution in [3.8, 4) is 151 Å². The second kappa shape index (κ2) is 29.0. The Morgan fingerprint density at radius 1 is 0.183 bits per heavy atom. The van der Waals surface area contributed by atoms with Gasteiger partial charge in [-0.2, -0.15) is 0 Å². The number of anilines is 3. The average Bonchev–Trinajstić information content (AvgIpc) is 1.57. The second-order valence-electron chi connectivity index (χ2n) is 30.7. The van der Waals surface area contributed by atoms with E-state index < -0.39 is 0 Å². The quantitative estimate of drug-likeness (QED) is 0.144. The van der Waals surface area contributed by atoms with Gasteiger partial charge < -0.3 is 9.47 Å². The molecule has 0 amide bonds. The number of rotatable bonds is 9. The highest BCUT2D eigenvalue weighted by molar-refractivity contribution is 6.17. The largest absolute Gasteiger partial charge is 0.316 e. The lowest BCUT2D eigenvalue weighted by Gasteiger charge is -2.25. The molecule has 5 heterocycles. The third-order valence-corrected chi connectivity index (χ3v) is 24.0. The molecule has 0 spiro atoms. The highest BCUT2D eigenvalue weighted by atomic mass is 15.2. The van der Waals surface area contributed by atoms with Crippen molar-refractivity contribution in [1.29, 1.82) is 0 Å². The minimum atomic E-state index is 0.678. The Morgan fingerprint density at radius 2 is 0.492 bits per heavy atom. The van der Waals surface area contributed by atoms with Crippen LogP contribution >= 0.6 is 0 Å². The van der Waals surface area contributed by atoms with Crippen LogP contribution in [0.25, 0.3) is 206 Å². The molecular weight excluding hydrogens is 1460 g/mol. The topological polar surface area (TPSA) is 69.6 Å². The van der Waals surface area contributed by atoms with Gasteiger partial charge in [0.05, 0.1) is 38.8 Å². The van der Waals surface area contributed by atoms with Crippen LogP contribution in [0, 0.1) is 0 Å². The molecule has 0 unspecified atom stereocenters. The van der Waals surface area contributed by atoms with Gasteiger partial charge in [-0.15, -0.1) is 0 Å². The van der Waals surface area contributed by atoms with Crippen LogP contribution < -0.4 is 4.90 Å². The lowest BCUT2D eigenvalue weighted by Crippen LogP contribution is -2.09. The number of aromatic nitrogens is 7. The van der Waals surface area contributed by atoms with Crippen molar-refractivity contribution in [2.24, 2.45) is 0 Å². The summed E-state index contributed by atoms with van der Waals surface area (Å²) in [5, 5.41) is 4.84. The SMILES string of the molecule is c1ccc(-c2nc(-n3cc4c5c(cccc53)-c3ccccc3-c3ccccc3-4)nc3ccccc23)cc1.c1ccc(-c2nc3ccccc3nc2-n2cc3c4c(cccc42)-c2ccccc2-c2ccccc2-3)cc1.c1ccc(N(c2ccccc2)c2ccc(-c3ccc(-n4cc5c6c(cccc64)-c4ccccc4-c4ccccc4-5)cc3)cc2)cc1. The van der Waals surface area contributed by atoms with Gasteiger partial charge in [0.1, 0.15) is 5.69 Å². The van der Waals surface area contributed by atoms with Gasteiger partial charge in [-0.3, -0.25) is 9.13 Å². The molecule has 3 aliphatic rings. The predicted molar refractivity (Wildman–Crippen MR) is 497 cm³/mol. The zero-order valence-corrected chi connectivity index (χ0v) is 65.1. The first-order chi connectivity index (χ1) is 59.6. The van der Waals surface area contributed by atoms with Crippen molar-refractivity contribution in [3.05, 3.63) is 437 Å². The van der Waals surface area contributed by atoms with E-state index in [9.17, 15) is 0 Å². The van der Waals surface area contributed by atoms with Crippen LogP contribution in [0.4, 0.5) is 17.1 Å². The van der Waals surface area contributed by atoms with Gasteiger partial charge in [-0.05, 0) is 180 Å². The molecule has 0 aliphatic heterocycles. The zero-order chi connectivity index (χ0) is 79.1. The van der Waals surface area contributed by atoms with Crippen LogP contribution in [0.15, 0.2) is 437 Å². The number of para-hydroxylation sites is 5. The number of fused-ring (bicyclic) bond motifs is 17. The molecule has 0 saturated carbocycles. The third kappa shape index (κ3) is 11.7. The van der Waals surface area contributed by atoms with E-state index in [-0.39, 0.29) is 0 Å². The summed E-state index contributed by atoms with van der Waals surface area (Å²) in [5.41, 5.74) is 39.7. The van der Waals surface area contributed by atoms with E-state index in [1.807, 2.05) is 48.5 Å². The summed E-state index contributed by atoms with van der Waals surface area (Å²) in [6, 6.07) is 148. The monoisotopic (exact) mass is 1530 g/mol. The Labute approximate surface area is 694 Å². The molecule has 17 aromatic carbocycles. The maximum absolute atomic E-state index is 5.19. The van der Waals surface area contributed by atoms with E-state index in [0.29, 0.717) is 5.95 Å². The Balaban J connectivity index is 0.000000106. The fourth-order valence-corrected chi connectivity index (χ4v) is 18.6. The maximum Gasteiger partial charge on any atom is 0.235 e. The lowest BCUT2D eigenvalue weighted by atomic mass is 9.94. The van der Waals surface area contributed by atoms with Crippen molar-refractivity contribution >= 4 is 71.7 Å². The highest BCUT2D eigenvalue weighted by Crippen LogP contribution is 2.53. The number of benzene rings is 17. The molecule has 5 aromatic heterocycles. The van der Waals surface area contributed by atoms with Gasteiger partial charge in [-0.25, -0.2) is 19.9 Å². The molecule has 25 rings (SSSR count). The summed E-state index contributed by atoms with van der Waals surface area (Å²) in [6.07, 6.45) is 6.80. The average molecular weight is 1530 g/mol. The molecule has 0 bridgehead atoms. The number of hydrogen-bond donors (Lipinski definition) is 0. The van der Waals surface area contributed by atoms with Gasteiger partial charge in [0.15, 0.2) is 5.82 Å². The van der Waals surface area contributed by atoms with Gasteiger partial charge in [0, 0.05) is 90.7 Å². The van der Waals surface area contributed by atoms with Gasteiger partial charge in [0.25, 0.3) is 0 Å². The first-order valence-corrected chi connectivity index (χ1v) is 40.8. The molecular formula is C112H72N8. The summed E-state index contributed by atoms with van der Waals surface area (Å²) >= 11 is 0. The summed E-state index contributed by atoms with van der Waals surface area (Å²) < 4.78 is 6.75. The van der Waals surface area contributed by atoms with Crippen molar-refractivity contribution < 1.29 is 0 Å². The molecule has 0 atom stereocenters. The van der Waals surface area contributed by atoms with Crippen LogP contribution in [-0.4, -0.2) is 33.6 Å². The van der Waals surface area contributed by atoms with Crippen molar-refractivity contribution in [2.45, 2.75) is 0 Å². The number of hydrogen-bond acceptors (Lipinski definition) is 5. The first-order valence-electron chi connectivity index (χ1n) is 40.8. The molecule has 22 aromatic rings. The second-order valence-corrected chi connectivity index (χ2v) is 30.7. The van der Waals surface area contributed by atoms with E-state index in [0.717, 1.165) is 84.1 Å². The van der Waals surface area contributed by atoms with Crippen molar-refractivity contribution in [1.82, 2.24) is 33.6 Å². The van der Waals surface area contributed by atoms with E-state index in [1.165, 1.54) is 133 Å². The highest BCUT2D eigenvalue weighted by Gasteiger charge is 2.30. The molecule has 0 N–H and O–H groups in total. The fraction of sp³-hybridized carbons (Fsp3) is 0. The number of nitrogens with zero attached hydrogens (tertiary/aromatic N) is 8. The molecule has 0 saturated heterocycles. The smallest absolute Gasteiger partial charge is 0.235 e. The van der Waals surface area contributed by atoms with Crippen LogP contribution in [0.3, 0.4) is 0 Å². The standard InChI is InChI=1S/C44H30N2.2C34H21N3/c1-3-12-34(13-4-1)46(35-14-5-2-6-15-35)36-28-24-32(25-29-36)31-22-26-33(27-23-31)45-30-42-40-19-10-8-17-38(40)37-16-7-9-18-39(37)41-20-11-21-43(45)44(41)42;1-2-11-22(12-3-1)33-34(36-30-19-9-8-18-29(30)35-33)37-21-28-26-16-7-5-14-24(26)23-13-4-6-15-25(23)27-17-10-20-31(37)32(27)28;1-2-11-22(12-3-1)33-28-17-8-9-19-30(28)35-34(36-33)37-21-29-26-16-7-5-14-24(26)23-13-4-6-15-25(23)27-18-10-20-31(37)32(27)29/h1-30H;2*1-21H. The normalized spacial score (nSPS) is 11.7. The van der Waals surface area contributed by atoms with E-state index in [1.54, 1.807) is 0 Å². The predicted octanol–water partition coefficient (Wildman–Crippen LogP) is 29.2. The Bertz CT molecular complexity index is 7720.